The lowest BCUT2D eigenvalue weighted by molar-refractivity contribution is 0.120. The SMILES string of the molecule is COc1cc2c(NC[C@H]3CCCO3)c3c(nc2cc1OCCCN1CCCC1)CCC3. The van der Waals surface area contributed by atoms with Gasteiger partial charge in [0.05, 0.1) is 25.3 Å². The number of fused-ring (bicyclic) bond motifs is 2. The standard InChI is InChI=1S/C25H35N3O3/c1-29-23-15-20-22(16-24(23)31-14-6-12-28-10-2-3-11-28)27-21-9-4-8-19(21)25(20)26-17-18-7-5-13-30-18/h15-16,18H,2-14,17H2,1H3,(H,26,27)/t18-/m1/s1. The summed E-state index contributed by atoms with van der Waals surface area (Å²) in [4.78, 5) is 7.53. The number of aromatic nitrogens is 1. The molecule has 5 rings (SSSR count). The summed E-state index contributed by atoms with van der Waals surface area (Å²) in [7, 11) is 1.72. The van der Waals surface area contributed by atoms with Crippen LogP contribution in [0.1, 0.15) is 49.8 Å². The summed E-state index contributed by atoms with van der Waals surface area (Å²) in [5.74, 6) is 1.58. The highest BCUT2D eigenvalue weighted by molar-refractivity contribution is 5.96. The van der Waals surface area contributed by atoms with Crippen LogP contribution in [0.25, 0.3) is 10.9 Å². The lowest BCUT2D eigenvalue weighted by Crippen LogP contribution is -2.22. The second-order valence-electron chi connectivity index (χ2n) is 9.05. The van der Waals surface area contributed by atoms with Crippen LogP contribution in [0.5, 0.6) is 11.5 Å². The Kier molecular flexibility index (Phi) is 6.46. The lowest BCUT2D eigenvalue weighted by atomic mass is 10.1. The molecule has 0 spiro atoms. The number of aryl methyl sites for hydroxylation is 1. The molecule has 3 aliphatic rings. The molecule has 1 aromatic heterocycles. The van der Waals surface area contributed by atoms with Crippen molar-refractivity contribution in [1.82, 2.24) is 9.88 Å². The summed E-state index contributed by atoms with van der Waals surface area (Å²) in [6.07, 6.45) is 9.61. The van der Waals surface area contributed by atoms with Gasteiger partial charge in [-0.25, -0.2) is 0 Å². The predicted molar refractivity (Wildman–Crippen MR) is 124 cm³/mol. The minimum absolute atomic E-state index is 0.306. The molecule has 2 aromatic rings. The van der Waals surface area contributed by atoms with E-state index in [1.807, 2.05) is 0 Å². The first kappa shape index (κ1) is 20.8. The summed E-state index contributed by atoms with van der Waals surface area (Å²) in [6.45, 7) is 6.01. The van der Waals surface area contributed by atoms with Gasteiger partial charge in [-0.3, -0.25) is 4.98 Å². The molecule has 6 heteroatoms. The molecule has 0 bridgehead atoms. The molecule has 0 radical (unpaired) electrons. The Bertz CT molecular complexity index is 905. The Morgan fingerprint density at radius 2 is 2.03 bits per heavy atom. The molecule has 1 N–H and O–H groups in total. The van der Waals surface area contributed by atoms with Crippen molar-refractivity contribution < 1.29 is 14.2 Å². The molecule has 0 saturated carbocycles. The first-order valence-corrected chi connectivity index (χ1v) is 12.1. The molecule has 1 aliphatic carbocycles. The third-order valence-corrected chi connectivity index (χ3v) is 6.90. The molecular formula is C25H35N3O3. The molecule has 0 amide bonds. The number of anilines is 1. The highest BCUT2D eigenvalue weighted by Crippen LogP contribution is 2.39. The number of benzene rings is 1. The van der Waals surface area contributed by atoms with E-state index >= 15 is 0 Å². The fraction of sp³-hybridized carbons (Fsp3) is 0.640. The number of methoxy groups -OCH3 is 1. The van der Waals surface area contributed by atoms with Crippen LogP contribution < -0.4 is 14.8 Å². The van der Waals surface area contributed by atoms with E-state index in [2.05, 4.69) is 22.3 Å². The van der Waals surface area contributed by atoms with E-state index in [4.69, 9.17) is 19.2 Å². The molecule has 1 atom stereocenters. The maximum absolute atomic E-state index is 6.16. The second kappa shape index (κ2) is 9.61. The third kappa shape index (κ3) is 4.60. The molecule has 2 fully saturated rings. The molecule has 31 heavy (non-hydrogen) atoms. The fourth-order valence-corrected chi connectivity index (χ4v) is 5.24. The van der Waals surface area contributed by atoms with Gasteiger partial charge in [-0.1, -0.05) is 0 Å². The average Bonchev–Trinajstić information content (AvgIpc) is 3.56. The maximum Gasteiger partial charge on any atom is 0.163 e. The van der Waals surface area contributed by atoms with Crippen LogP contribution in [0, 0.1) is 0 Å². The van der Waals surface area contributed by atoms with Crippen molar-refractivity contribution in [2.75, 3.05) is 51.8 Å². The highest BCUT2D eigenvalue weighted by Gasteiger charge is 2.23. The van der Waals surface area contributed by atoms with Crippen LogP contribution in [0.15, 0.2) is 12.1 Å². The highest BCUT2D eigenvalue weighted by atomic mass is 16.5. The van der Waals surface area contributed by atoms with E-state index < -0.39 is 0 Å². The van der Waals surface area contributed by atoms with Crippen molar-refractivity contribution >= 4 is 16.6 Å². The molecule has 2 saturated heterocycles. The van der Waals surface area contributed by atoms with E-state index in [9.17, 15) is 0 Å². The largest absolute Gasteiger partial charge is 0.493 e. The molecule has 1 aromatic carbocycles. The number of likely N-dealkylation sites (tertiary alicyclic amines) is 1. The monoisotopic (exact) mass is 425 g/mol. The number of nitrogens with zero attached hydrogens (tertiary/aromatic N) is 2. The molecular weight excluding hydrogens is 390 g/mol. The van der Waals surface area contributed by atoms with Crippen molar-refractivity contribution in [2.24, 2.45) is 0 Å². The number of nitrogens with one attached hydrogen (secondary N) is 1. The predicted octanol–water partition coefficient (Wildman–Crippen LogP) is 4.19. The zero-order valence-corrected chi connectivity index (χ0v) is 18.8. The van der Waals surface area contributed by atoms with E-state index in [-0.39, 0.29) is 0 Å². The van der Waals surface area contributed by atoms with E-state index in [0.29, 0.717) is 12.7 Å². The van der Waals surface area contributed by atoms with E-state index in [0.717, 1.165) is 74.2 Å². The van der Waals surface area contributed by atoms with Crippen LogP contribution in [-0.2, 0) is 17.6 Å². The van der Waals surface area contributed by atoms with Gasteiger partial charge in [0.2, 0.25) is 0 Å². The number of pyridine rings is 1. The van der Waals surface area contributed by atoms with Crippen molar-refractivity contribution in [1.29, 1.82) is 0 Å². The molecule has 6 nitrogen and oxygen atoms in total. The first-order chi connectivity index (χ1) is 15.3. The summed E-state index contributed by atoms with van der Waals surface area (Å²) >= 11 is 0. The van der Waals surface area contributed by atoms with Crippen LogP contribution >= 0.6 is 0 Å². The smallest absolute Gasteiger partial charge is 0.163 e. The second-order valence-corrected chi connectivity index (χ2v) is 9.05. The summed E-state index contributed by atoms with van der Waals surface area (Å²) < 4.78 is 17.7. The molecule has 168 valence electrons. The Hall–Kier alpha value is -2.05. The van der Waals surface area contributed by atoms with Crippen molar-refractivity contribution in [3.63, 3.8) is 0 Å². The van der Waals surface area contributed by atoms with Crippen molar-refractivity contribution in [2.45, 2.75) is 57.5 Å². The number of hydrogen-bond acceptors (Lipinski definition) is 6. The number of ether oxygens (including phenoxy) is 3. The first-order valence-electron chi connectivity index (χ1n) is 12.1. The van der Waals surface area contributed by atoms with E-state index in [1.165, 1.54) is 49.3 Å². The Morgan fingerprint density at radius 3 is 2.84 bits per heavy atom. The van der Waals surface area contributed by atoms with Gasteiger partial charge in [-0.05, 0) is 76.1 Å². The van der Waals surface area contributed by atoms with Gasteiger partial charge in [0.15, 0.2) is 11.5 Å². The van der Waals surface area contributed by atoms with Crippen molar-refractivity contribution in [3.8, 4) is 11.5 Å². The van der Waals surface area contributed by atoms with Crippen LogP contribution in [0.3, 0.4) is 0 Å². The van der Waals surface area contributed by atoms with Crippen LogP contribution in [0.4, 0.5) is 5.69 Å². The number of rotatable bonds is 9. The Labute approximate surface area is 185 Å². The van der Waals surface area contributed by atoms with Gasteiger partial charge in [0.1, 0.15) is 0 Å². The number of hydrogen-bond donors (Lipinski definition) is 1. The van der Waals surface area contributed by atoms with Crippen LogP contribution in [0.2, 0.25) is 0 Å². The van der Waals surface area contributed by atoms with Gasteiger partial charge >= 0.3 is 0 Å². The van der Waals surface area contributed by atoms with Gasteiger partial charge in [0.25, 0.3) is 0 Å². The van der Waals surface area contributed by atoms with Gasteiger partial charge in [-0.2, -0.15) is 0 Å². The molecule has 3 heterocycles. The van der Waals surface area contributed by atoms with Gasteiger partial charge in [-0.15, -0.1) is 0 Å². The quantitative estimate of drug-likeness (QED) is 0.608. The Balaban J connectivity index is 1.36. The zero-order chi connectivity index (χ0) is 21.0. The van der Waals surface area contributed by atoms with Gasteiger partial charge in [0, 0.05) is 42.5 Å². The summed E-state index contributed by atoms with van der Waals surface area (Å²) in [5, 5.41) is 4.84. The summed E-state index contributed by atoms with van der Waals surface area (Å²) in [5.41, 5.74) is 4.80. The Morgan fingerprint density at radius 1 is 1.13 bits per heavy atom. The topological polar surface area (TPSA) is 55.9 Å². The normalized spacial score (nSPS) is 21.0. The third-order valence-electron chi connectivity index (χ3n) is 6.90. The lowest BCUT2D eigenvalue weighted by Gasteiger charge is -2.19. The average molecular weight is 426 g/mol. The molecule has 0 unspecified atom stereocenters. The minimum Gasteiger partial charge on any atom is -0.493 e. The van der Waals surface area contributed by atoms with E-state index in [1.54, 1.807) is 7.11 Å². The minimum atomic E-state index is 0.306. The van der Waals surface area contributed by atoms with Crippen LogP contribution in [-0.4, -0.2) is 62.5 Å². The maximum atomic E-state index is 6.16. The van der Waals surface area contributed by atoms with Crippen molar-refractivity contribution in [3.05, 3.63) is 23.4 Å². The molecule has 2 aliphatic heterocycles. The van der Waals surface area contributed by atoms with Gasteiger partial charge < -0.3 is 24.4 Å². The zero-order valence-electron chi connectivity index (χ0n) is 18.8. The fourth-order valence-electron chi connectivity index (χ4n) is 5.24. The summed E-state index contributed by atoms with van der Waals surface area (Å²) in [6, 6.07) is 4.18.